The van der Waals surface area contributed by atoms with Gasteiger partial charge in [0.25, 0.3) is 5.91 Å². The average molecular weight is 481 g/mol. The van der Waals surface area contributed by atoms with Crippen LogP contribution in [0.4, 0.5) is 4.79 Å². The molecule has 0 heterocycles. The first-order chi connectivity index (χ1) is 16.8. The molecule has 3 aromatic carbocycles. The number of hydrogen-bond acceptors (Lipinski definition) is 5. The Kier molecular flexibility index (Phi) is 10.9. The van der Waals surface area contributed by atoms with Crippen molar-refractivity contribution >= 4 is 22.8 Å². The zero-order valence-corrected chi connectivity index (χ0v) is 21.4. The Morgan fingerprint density at radius 1 is 0.800 bits per heavy atom. The SMILES string of the molecule is CCN(CC)C(=O)C(C)Oc1cccc2ccccc12.CNC(=O)Oc1ccccc1OC(C)C. The summed E-state index contributed by atoms with van der Waals surface area (Å²) in [6.45, 7) is 11.0. The van der Waals surface area contributed by atoms with E-state index in [1.54, 1.807) is 23.1 Å². The van der Waals surface area contributed by atoms with Gasteiger partial charge < -0.3 is 24.4 Å². The van der Waals surface area contributed by atoms with E-state index in [0.717, 1.165) is 16.5 Å². The largest absolute Gasteiger partial charge is 0.487 e. The van der Waals surface area contributed by atoms with E-state index in [2.05, 4.69) is 5.32 Å². The Morgan fingerprint density at radius 2 is 1.37 bits per heavy atom. The molecule has 2 amide bonds. The van der Waals surface area contributed by atoms with Crippen LogP contribution in [0.3, 0.4) is 0 Å². The Hall–Kier alpha value is -3.74. The van der Waals surface area contributed by atoms with Crippen molar-refractivity contribution in [2.45, 2.75) is 46.8 Å². The summed E-state index contributed by atoms with van der Waals surface area (Å²) in [6, 6.07) is 21.0. The molecule has 3 rings (SSSR count). The number of para-hydroxylation sites is 2. The number of hydrogen-bond donors (Lipinski definition) is 1. The molecular formula is C28H36N2O5. The van der Waals surface area contributed by atoms with Crippen LogP contribution >= 0.6 is 0 Å². The molecule has 0 aliphatic heterocycles. The minimum atomic E-state index is -0.505. The summed E-state index contributed by atoms with van der Waals surface area (Å²) >= 11 is 0. The number of carbonyl (C=O) groups is 2. The number of amides is 2. The van der Waals surface area contributed by atoms with Crippen molar-refractivity contribution in [3.63, 3.8) is 0 Å². The molecular weight excluding hydrogens is 444 g/mol. The van der Waals surface area contributed by atoms with Gasteiger partial charge in [0.05, 0.1) is 6.10 Å². The van der Waals surface area contributed by atoms with Crippen LogP contribution in [0, 0.1) is 0 Å². The normalized spacial score (nSPS) is 11.2. The molecule has 1 unspecified atom stereocenters. The number of rotatable bonds is 8. The van der Waals surface area contributed by atoms with Crippen LogP contribution in [0.1, 0.15) is 34.6 Å². The topological polar surface area (TPSA) is 77.1 Å². The van der Waals surface area contributed by atoms with E-state index in [1.165, 1.54) is 7.05 Å². The quantitative estimate of drug-likeness (QED) is 0.450. The van der Waals surface area contributed by atoms with E-state index >= 15 is 0 Å². The third-order valence-corrected chi connectivity index (χ3v) is 5.09. The fourth-order valence-corrected chi connectivity index (χ4v) is 3.37. The van der Waals surface area contributed by atoms with Crippen molar-refractivity contribution in [1.82, 2.24) is 10.2 Å². The van der Waals surface area contributed by atoms with Gasteiger partial charge in [0.1, 0.15) is 5.75 Å². The fourth-order valence-electron chi connectivity index (χ4n) is 3.37. The second-order valence-corrected chi connectivity index (χ2v) is 8.00. The molecule has 35 heavy (non-hydrogen) atoms. The van der Waals surface area contributed by atoms with Crippen molar-refractivity contribution in [3.05, 3.63) is 66.7 Å². The van der Waals surface area contributed by atoms with Gasteiger partial charge in [-0.1, -0.05) is 48.5 Å². The van der Waals surface area contributed by atoms with Crippen LogP contribution in [0.15, 0.2) is 66.7 Å². The molecule has 0 fully saturated rings. The van der Waals surface area contributed by atoms with Gasteiger partial charge in [0.15, 0.2) is 17.6 Å². The summed E-state index contributed by atoms with van der Waals surface area (Å²) < 4.78 is 16.4. The van der Waals surface area contributed by atoms with E-state index < -0.39 is 12.2 Å². The number of carbonyl (C=O) groups excluding carboxylic acids is 2. The minimum absolute atomic E-state index is 0.0305. The van der Waals surface area contributed by atoms with Crippen molar-refractivity contribution < 1.29 is 23.8 Å². The Balaban J connectivity index is 0.000000258. The highest BCUT2D eigenvalue weighted by Crippen LogP contribution is 2.27. The predicted molar refractivity (Wildman–Crippen MR) is 139 cm³/mol. The second-order valence-electron chi connectivity index (χ2n) is 8.00. The molecule has 7 heteroatoms. The van der Waals surface area contributed by atoms with Crippen LogP contribution in [0.2, 0.25) is 0 Å². The maximum absolute atomic E-state index is 12.2. The molecule has 0 spiro atoms. The summed E-state index contributed by atoms with van der Waals surface area (Å²) in [5.74, 6) is 1.78. The molecule has 0 aliphatic rings. The molecule has 0 aliphatic carbocycles. The van der Waals surface area contributed by atoms with Crippen LogP contribution in [-0.2, 0) is 4.79 Å². The summed E-state index contributed by atoms with van der Waals surface area (Å²) in [4.78, 5) is 25.1. The molecule has 0 saturated heterocycles. The first kappa shape index (κ1) is 27.5. The lowest BCUT2D eigenvalue weighted by Gasteiger charge is -2.23. The lowest BCUT2D eigenvalue weighted by molar-refractivity contribution is -0.137. The third-order valence-electron chi connectivity index (χ3n) is 5.09. The van der Waals surface area contributed by atoms with Gasteiger partial charge in [-0.2, -0.15) is 0 Å². The number of nitrogens with one attached hydrogen (secondary N) is 1. The van der Waals surface area contributed by atoms with Gasteiger partial charge >= 0.3 is 6.09 Å². The van der Waals surface area contributed by atoms with Gasteiger partial charge in [-0.05, 0) is 58.2 Å². The molecule has 0 radical (unpaired) electrons. The van der Waals surface area contributed by atoms with E-state index in [4.69, 9.17) is 14.2 Å². The Morgan fingerprint density at radius 3 is 2.00 bits per heavy atom. The first-order valence-corrected chi connectivity index (χ1v) is 11.9. The second kappa shape index (κ2) is 13.8. The minimum Gasteiger partial charge on any atom is -0.487 e. The molecule has 188 valence electrons. The molecule has 0 bridgehead atoms. The van der Waals surface area contributed by atoms with Crippen molar-refractivity contribution in [1.29, 1.82) is 0 Å². The van der Waals surface area contributed by atoms with E-state index in [1.807, 2.05) is 83.1 Å². The van der Waals surface area contributed by atoms with Crippen LogP contribution in [0.5, 0.6) is 17.2 Å². The summed E-state index contributed by atoms with van der Waals surface area (Å²) in [7, 11) is 1.51. The standard InChI is InChI=1S/C17H21NO2.C11H15NO3/c1-4-18(5-2)17(19)13(3)20-16-12-8-10-14-9-6-7-11-15(14)16;1-8(2)14-9-6-4-5-7-10(9)15-11(13)12-3/h6-13H,4-5H2,1-3H3;4-8H,1-3H3,(H,12,13). The Bertz CT molecular complexity index is 1090. The highest BCUT2D eigenvalue weighted by molar-refractivity contribution is 5.89. The van der Waals surface area contributed by atoms with Crippen LogP contribution in [0.25, 0.3) is 10.8 Å². The lowest BCUT2D eigenvalue weighted by atomic mass is 10.1. The highest BCUT2D eigenvalue weighted by atomic mass is 16.6. The first-order valence-electron chi connectivity index (χ1n) is 11.9. The van der Waals surface area contributed by atoms with E-state index in [0.29, 0.717) is 24.6 Å². The van der Waals surface area contributed by atoms with Gasteiger partial charge in [-0.15, -0.1) is 0 Å². The van der Waals surface area contributed by atoms with Crippen LogP contribution in [-0.4, -0.2) is 49.2 Å². The molecule has 1 N–H and O–H groups in total. The fraction of sp³-hybridized carbons (Fsp3) is 0.357. The number of ether oxygens (including phenoxy) is 3. The number of likely N-dealkylation sites (N-methyl/N-ethyl adjacent to an activating group) is 1. The summed E-state index contributed by atoms with van der Waals surface area (Å²) in [6.07, 6.45) is -0.935. The van der Waals surface area contributed by atoms with Crippen molar-refractivity contribution in [3.8, 4) is 17.2 Å². The smallest absolute Gasteiger partial charge is 0.412 e. The molecule has 0 aromatic heterocycles. The molecule has 7 nitrogen and oxygen atoms in total. The Labute approximate surface area is 208 Å². The van der Waals surface area contributed by atoms with Crippen LogP contribution < -0.4 is 19.5 Å². The van der Waals surface area contributed by atoms with Gasteiger partial charge in [-0.25, -0.2) is 4.79 Å². The maximum Gasteiger partial charge on any atom is 0.412 e. The highest BCUT2D eigenvalue weighted by Gasteiger charge is 2.20. The van der Waals surface area contributed by atoms with E-state index in [9.17, 15) is 9.59 Å². The summed E-state index contributed by atoms with van der Waals surface area (Å²) in [5, 5.41) is 4.53. The zero-order chi connectivity index (χ0) is 25.8. The molecule has 0 saturated carbocycles. The number of benzene rings is 3. The molecule has 3 aromatic rings. The monoisotopic (exact) mass is 480 g/mol. The van der Waals surface area contributed by atoms with Crippen molar-refractivity contribution in [2.24, 2.45) is 0 Å². The van der Waals surface area contributed by atoms with Crippen molar-refractivity contribution in [2.75, 3.05) is 20.1 Å². The number of fused-ring (bicyclic) bond motifs is 1. The van der Waals surface area contributed by atoms with Gasteiger partial charge in [0, 0.05) is 25.5 Å². The lowest BCUT2D eigenvalue weighted by Crippen LogP contribution is -2.40. The van der Waals surface area contributed by atoms with Gasteiger partial charge in [-0.3, -0.25) is 4.79 Å². The predicted octanol–water partition coefficient (Wildman–Crippen LogP) is 5.67. The third kappa shape index (κ3) is 8.21. The van der Waals surface area contributed by atoms with Gasteiger partial charge in [0.2, 0.25) is 0 Å². The summed E-state index contributed by atoms with van der Waals surface area (Å²) in [5.41, 5.74) is 0. The average Bonchev–Trinajstić information content (AvgIpc) is 2.86. The molecule has 1 atom stereocenters. The number of nitrogens with zero attached hydrogens (tertiary/aromatic N) is 1. The maximum atomic E-state index is 12.2. The van der Waals surface area contributed by atoms with E-state index in [-0.39, 0.29) is 12.0 Å². The zero-order valence-electron chi connectivity index (χ0n) is 21.4.